The molecule has 0 unspecified atom stereocenters. The molecule has 6 nitrogen and oxygen atoms in total. The number of aliphatic hydroxyl groups is 1. The van der Waals surface area contributed by atoms with Gasteiger partial charge in [0.15, 0.2) is 5.76 Å². The highest BCUT2D eigenvalue weighted by atomic mass is 35.5. The van der Waals surface area contributed by atoms with E-state index in [9.17, 15) is 9.90 Å². The van der Waals surface area contributed by atoms with Gasteiger partial charge in [0.05, 0.1) is 12.2 Å². The molecule has 0 saturated heterocycles. The molecule has 0 amide bonds. The Labute approximate surface area is 109 Å². The minimum Gasteiger partial charge on any atom is -0.505 e. The molecule has 0 saturated carbocycles. The highest BCUT2D eigenvalue weighted by Gasteiger charge is 2.19. The first-order valence-electron chi connectivity index (χ1n) is 5.12. The van der Waals surface area contributed by atoms with Crippen molar-refractivity contribution in [2.24, 2.45) is 10.2 Å². The van der Waals surface area contributed by atoms with Crippen LogP contribution in [0.5, 0.6) is 0 Å². The van der Waals surface area contributed by atoms with Crippen molar-refractivity contribution in [2.45, 2.75) is 6.92 Å². The molecule has 1 heterocycles. The fourth-order valence-corrected chi connectivity index (χ4v) is 1.38. The van der Waals surface area contributed by atoms with Crippen LogP contribution in [0.1, 0.15) is 12.5 Å². The zero-order valence-corrected chi connectivity index (χ0v) is 10.7. The SMILES string of the molecule is CCOC(=O)C(N=NC)=C(O)c1cccnc1Cl. The van der Waals surface area contributed by atoms with E-state index in [2.05, 4.69) is 15.2 Å². The van der Waals surface area contributed by atoms with Crippen LogP contribution in [0.25, 0.3) is 5.76 Å². The molecule has 7 heteroatoms. The summed E-state index contributed by atoms with van der Waals surface area (Å²) in [6.07, 6.45) is 1.46. The molecule has 0 aliphatic heterocycles. The van der Waals surface area contributed by atoms with Gasteiger partial charge in [-0.3, -0.25) is 0 Å². The second kappa shape index (κ2) is 6.70. The molecule has 0 bridgehead atoms. The number of pyridine rings is 1. The van der Waals surface area contributed by atoms with Crippen LogP contribution in [0.3, 0.4) is 0 Å². The van der Waals surface area contributed by atoms with Gasteiger partial charge in [-0.25, -0.2) is 9.78 Å². The standard InChI is InChI=1S/C11H12ClN3O3/c1-3-18-11(17)8(15-13-2)9(16)7-5-4-6-14-10(7)12/h4-6,16H,3H2,1-2H3. The maximum atomic E-state index is 11.6. The Morgan fingerprint density at radius 3 is 2.89 bits per heavy atom. The zero-order valence-electron chi connectivity index (χ0n) is 9.92. The van der Waals surface area contributed by atoms with E-state index in [1.807, 2.05) is 0 Å². The Kier molecular flexibility index (Phi) is 5.26. The first-order valence-corrected chi connectivity index (χ1v) is 5.50. The second-order valence-corrected chi connectivity index (χ2v) is 3.42. The zero-order chi connectivity index (χ0) is 13.5. The molecule has 1 rings (SSSR count). The first kappa shape index (κ1) is 14.1. The fraction of sp³-hybridized carbons (Fsp3) is 0.273. The van der Waals surface area contributed by atoms with Crippen molar-refractivity contribution in [3.05, 3.63) is 34.7 Å². The van der Waals surface area contributed by atoms with E-state index in [-0.39, 0.29) is 23.0 Å². The summed E-state index contributed by atoms with van der Waals surface area (Å²) in [6.45, 7) is 1.81. The fourth-order valence-electron chi connectivity index (χ4n) is 1.17. The van der Waals surface area contributed by atoms with E-state index in [4.69, 9.17) is 16.3 Å². The summed E-state index contributed by atoms with van der Waals surface area (Å²) in [5.74, 6) is -1.20. The van der Waals surface area contributed by atoms with Gasteiger partial charge in [-0.1, -0.05) is 11.6 Å². The van der Waals surface area contributed by atoms with E-state index in [0.29, 0.717) is 0 Å². The Hall–Kier alpha value is -1.95. The molecule has 0 aliphatic carbocycles. The van der Waals surface area contributed by atoms with Gasteiger partial charge >= 0.3 is 5.97 Å². The van der Waals surface area contributed by atoms with E-state index in [0.717, 1.165) is 0 Å². The van der Waals surface area contributed by atoms with Crippen molar-refractivity contribution in [1.82, 2.24) is 4.98 Å². The quantitative estimate of drug-likeness (QED) is 0.299. The number of esters is 1. The van der Waals surface area contributed by atoms with Crippen LogP contribution in [0.4, 0.5) is 0 Å². The Bertz CT molecular complexity index is 500. The van der Waals surface area contributed by atoms with Gasteiger partial charge in [0.25, 0.3) is 0 Å². The summed E-state index contributed by atoms with van der Waals surface area (Å²) in [6, 6.07) is 3.08. The van der Waals surface area contributed by atoms with Crippen LogP contribution in [0.2, 0.25) is 5.15 Å². The topological polar surface area (TPSA) is 84.1 Å². The molecule has 1 aromatic rings. The third-order valence-electron chi connectivity index (χ3n) is 1.91. The third kappa shape index (κ3) is 3.27. The van der Waals surface area contributed by atoms with Crippen molar-refractivity contribution >= 4 is 23.3 Å². The van der Waals surface area contributed by atoms with Crippen LogP contribution in [-0.4, -0.2) is 29.7 Å². The number of rotatable bonds is 4. The highest BCUT2D eigenvalue weighted by molar-refractivity contribution is 6.31. The van der Waals surface area contributed by atoms with Crippen molar-refractivity contribution in [3.63, 3.8) is 0 Å². The molecular weight excluding hydrogens is 258 g/mol. The third-order valence-corrected chi connectivity index (χ3v) is 2.21. The van der Waals surface area contributed by atoms with Gasteiger partial charge in [-0.2, -0.15) is 5.11 Å². The second-order valence-electron chi connectivity index (χ2n) is 3.06. The lowest BCUT2D eigenvalue weighted by Crippen LogP contribution is -2.08. The number of azo groups is 1. The van der Waals surface area contributed by atoms with Gasteiger partial charge in [0.2, 0.25) is 5.70 Å². The van der Waals surface area contributed by atoms with E-state index in [1.165, 1.54) is 19.3 Å². The maximum Gasteiger partial charge on any atom is 0.362 e. The summed E-state index contributed by atoms with van der Waals surface area (Å²) in [5, 5.41) is 17.1. The van der Waals surface area contributed by atoms with Gasteiger partial charge in [0, 0.05) is 13.2 Å². The molecule has 0 aromatic carbocycles. The number of aliphatic hydroxyl groups excluding tert-OH is 1. The number of carbonyl (C=O) groups is 1. The van der Waals surface area contributed by atoms with Gasteiger partial charge in [-0.15, -0.1) is 5.11 Å². The predicted molar refractivity (Wildman–Crippen MR) is 66.2 cm³/mol. The summed E-state index contributed by atoms with van der Waals surface area (Å²) < 4.78 is 4.77. The number of hydrogen-bond donors (Lipinski definition) is 1. The van der Waals surface area contributed by atoms with Gasteiger partial charge < -0.3 is 9.84 Å². The summed E-state index contributed by atoms with van der Waals surface area (Å²) in [7, 11) is 1.37. The molecule has 96 valence electrons. The van der Waals surface area contributed by atoms with Gasteiger partial charge in [-0.05, 0) is 19.1 Å². The lowest BCUT2D eigenvalue weighted by atomic mass is 10.2. The Balaban J connectivity index is 3.28. The number of halogens is 1. The molecule has 1 N–H and O–H groups in total. The smallest absolute Gasteiger partial charge is 0.362 e. The van der Waals surface area contributed by atoms with Crippen LogP contribution in [-0.2, 0) is 9.53 Å². The molecule has 0 radical (unpaired) electrons. The van der Waals surface area contributed by atoms with Crippen molar-refractivity contribution in [1.29, 1.82) is 0 Å². The normalized spacial score (nSPS) is 12.4. The number of aromatic nitrogens is 1. The Morgan fingerprint density at radius 1 is 1.61 bits per heavy atom. The van der Waals surface area contributed by atoms with E-state index < -0.39 is 11.7 Å². The minimum absolute atomic E-state index is 0.0584. The average molecular weight is 270 g/mol. The highest BCUT2D eigenvalue weighted by Crippen LogP contribution is 2.23. The first-order chi connectivity index (χ1) is 8.61. The molecule has 0 fully saturated rings. The largest absolute Gasteiger partial charge is 0.505 e. The van der Waals surface area contributed by atoms with Crippen molar-refractivity contribution in [2.75, 3.05) is 13.7 Å². The summed E-state index contributed by atoms with van der Waals surface area (Å²) in [5.41, 5.74) is -0.121. The molecule has 0 atom stereocenters. The molecule has 1 aromatic heterocycles. The average Bonchev–Trinajstić information content (AvgIpc) is 2.36. The monoisotopic (exact) mass is 269 g/mol. The summed E-state index contributed by atoms with van der Waals surface area (Å²) >= 11 is 5.82. The number of hydrogen-bond acceptors (Lipinski definition) is 6. The predicted octanol–water partition coefficient (Wildman–Crippen LogP) is 2.61. The van der Waals surface area contributed by atoms with Crippen LogP contribution in [0, 0.1) is 0 Å². The lowest BCUT2D eigenvalue weighted by Gasteiger charge is -2.06. The summed E-state index contributed by atoms with van der Waals surface area (Å²) in [4.78, 5) is 15.4. The van der Waals surface area contributed by atoms with Crippen molar-refractivity contribution in [3.8, 4) is 0 Å². The molecular formula is C11H12ClN3O3. The Morgan fingerprint density at radius 2 is 2.33 bits per heavy atom. The maximum absolute atomic E-state index is 11.6. The van der Waals surface area contributed by atoms with Crippen LogP contribution in [0.15, 0.2) is 34.3 Å². The lowest BCUT2D eigenvalue weighted by molar-refractivity contribution is -0.138. The van der Waals surface area contributed by atoms with E-state index >= 15 is 0 Å². The molecule has 0 spiro atoms. The van der Waals surface area contributed by atoms with E-state index in [1.54, 1.807) is 13.0 Å². The minimum atomic E-state index is -0.777. The van der Waals surface area contributed by atoms with Crippen LogP contribution >= 0.6 is 11.6 Å². The molecule has 0 aliphatic rings. The molecule has 18 heavy (non-hydrogen) atoms. The van der Waals surface area contributed by atoms with Crippen molar-refractivity contribution < 1.29 is 14.6 Å². The number of nitrogens with zero attached hydrogens (tertiary/aromatic N) is 3. The van der Waals surface area contributed by atoms with Gasteiger partial charge in [0.1, 0.15) is 5.15 Å². The number of carbonyl (C=O) groups excluding carboxylic acids is 1. The number of ether oxygens (including phenoxy) is 1. The van der Waals surface area contributed by atoms with Crippen LogP contribution < -0.4 is 0 Å².